The molecule has 0 atom stereocenters. The van der Waals surface area contributed by atoms with Gasteiger partial charge in [0.25, 0.3) is 0 Å². The van der Waals surface area contributed by atoms with E-state index in [1.807, 2.05) is 109 Å². The third-order valence-electron chi connectivity index (χ3n) is 8.57. The van der Waals surface area contributed by atoms with Gasteiger partial charge in [-0.15, -0.1) is 24.3 Å². The summed E-state index contributed by atoms with van der Waals surface area (Å²) >= 11 is 0. The maximum absolute atomic E-state index is 11.3. The number of phenolic OH excluding ortho intramolecular Hbond substituents is 1. The van der Waals surface area contributed by atoms with E-state index in [0.717, 1.165) is 67.2 Å². The first kappa shape index (κ1) is 31.0. The molecule has 5 heteroatoms. The Bertz CT molecular complexity index is 2380. The number of hydrogen-bond acceptors (Lipinski definition) is 3. The van der Waals surface area contributed by atoms with Crippen molar-refractivity contribution in [3.05, 3.63) is 169 Å². The van der Waals surface area contributed by atoms with Crippen LogP contribution in [0, 0.1) is 13.0 Å². The molecule has 8 aromatic rings. The van der Waals surface area contributed by atoms with Crippen LogP contribution in [0.5, 0.6) is 5.75 Å². The van der Waals surface area contributed by atoms with Crippen LogP contribution in [0.2, 0.25) is 0 Å². The predicted octanol–water partition coefficient (Wildman–Crippen LogP) is 10.5. The maximum atomic E-state index is 11.3. The molecule has 5 aromatic carbocycles. The molecule has 0 unspecified atom stereocenters. The van der Waals surface area contributed by atoms with Crippen LogP contribution >= 0.6 is 0 Å². The van der Waals surface area contributed by atoms with Crippen LogP contribution in [-0.4, -0.2) is 19.5 Å². The fraction of sp³-hybridized carbons (Fsp3) is 0.0233. The summed E-state index contributed by atoms with van der Waals surface area (Å²) in [5, 5.41) is 11.3. The summed E-state index contributed by atoms with van der Waals surface area (Å²) in [6.45, 7) is 2.11. The molecule has 3 aromatic heterocycles. The number of phenols is 1. The number of aromatic nitrogens is 3. The SMILES string of the molecule is Cc1ccccc1-c1cc(-c2[c-]c(-c3nc4ccccn4c3-c3ccccc3)ccc2)nc(-c2ccc(-c3ccccc3)cc2O)c1.[Pt]. The minimum Gasteiger partial charge on any atom is -0.507 e. The molecule has 234 valence electrons. The Labute approximate surface area is 294 Å². The van der Waals surface area contributed by atoms with Crippen molar-refractivity contribution in [3.8, 4) is 73.0 Å². The van der Waals surface area contributed by atoms with Gasteiger partial charge in [-0.2, -0.15) is 0 Å². The molecule has 0 aliphatic carbocycles. The van der Waals surface area contributed by atoms with Crippen LogP contribution < -0.4 is 0 Å². The molecule has 0 fully saturated rings. The minimum absolute atomic E-state index is 0. The van der Waals surface area contributed by atoms with Crippen molar-refractivity contribution in [2.45, 2.75) is 6.92 Å². The number of nitrogens with zero attached hydrogens (tertiary/aromatic N) is 3. The molecule has 4 nitrogen and oxygen atoms in total. The van der Waals surface area contributed by atoms with Crippen molar-refractivity contribution in [2.24, 2.45) is 0 Å². The predicted molar refractivity (Wildman–Crippen MR) is 191 cm³/mol. The van der Waals surface area contributed by atoms with E-state index in [0.29, 0.717) is 11.3 Å². The molecular weight excluding hydrogens is 770 g/mol. The zero-order chi connectivity index (χ0) is 31.7. The first-order valence-electron chi connectivity index (χ1n) is 15.6. The number of benzene rings is 5. The van der Waals surface area contributed by atoms with Crippen molar-refractivity contribution in [3.63, 3.8) is 0 Å². The average molecular weight is 800 g/mol. The number of rotatable bonds is 6. The Morgan fingerprint density at radius 3 is 2.00 bits per heavy atom. The number of fused-ring (bicyclic) bond motifs is 1. The van der Waals surface area contributed by atoms with Gasteiger partial charge < -0.3 is 9.51 Å². The first-order valence-corrected chi connectivity index (χ1v) is 15.6. The summed E-state index contributed by atoms with van der Waals surface area (Å²) < 4.78 is 2.13. The molecule has 0 bridgehead atoms. The van der Waals surface area contributed by atoms with Crippen molar-refractivity contribution in [1.29, 1.82) is 0 Å². The van der Waals surface area contributed by atoms with Gasteiger partial charge in [0.2, 0.25) is 0 Å². The summed E-state index contributed by atoms with van der Waals surface area (Å²) in [6.07, 6.45) is 2.05. The summed E-state index contributed by atoms with van der Waals surface area (Å²) in [5.41, 5.74) is 13.0. The Balaban J connectivity index is 0.00000364. The number of aromatic hydroxyl groups is 1. The molecule has 0 amide bonds. The molecular formula is C43H30N3OPt-. The molecule has 0 aliphatic heterocycles. The van der Waals surface area contributed by atoms with Crippen molar-refractivity contribution >= 4 is 5.65 Å². The average Bonchev–Trinajstić information content (AvgIpc) is 3.52. The van der Waals surface area contributed by atoms with Crippen molar-refractivity contribution in [2.75, 3.05) is 0 Å². The topological polar surface area (TPSA) is 50.4 Å². The second-order valence-electron chi connectivity index (χ2n) is 11.6. The molecule has 0 saturated carbocycles. The largest absolute Gasteiger partial charge is 0.507 e. The van der Waals surface area contributed by atoms with Crippen molar-refractivity contribution < 1.29 is 26.2 Å². The zero-order valence-corrected chi connectivity index (χ0v) is 28.4. The van der Waals surface area contributed by atoms with Crippen LogP contribution in [0.1, 0.15) is 5.56 Å². The van der Waals surface area contributed by atoms with Gasteiger partial charge in [0.1, 0.15) is 11.4 Å². The molecule has 48 heavy (non-hydrogen) atoms. The number of hydrogen-bond donors (Lipinski definition) is 1. The number of aryl methyl sites for hydroxylation is 1. The smallest absolute Gasteiger partial charge is 0.129 e. The van der Waals surface area contributed by atoms with Crippen molar-refractivity contribution in [1.82, 2.24) is 14.4 Å². The third kappa shape index (κ3) is 5.88. The molecule has 8 rings (SSSR count). The Hall–Kier alpha value is -5.57. The van der Waals surface area contributed by atoms with E-state index in [2.05, 4.69) is 65.9 Å². The Kier molecular flexibility index (Phi) is 8.58. The van der Waals surface area contributed by atoms with E-state index in [-0.39, 0.29) is 26.8 Å². The van der Waals surface area contributed by atoms with Gasteiger partial charge in [0, 0.05) is 49.9 Å². The van der Waals surface area contributed by atoms with Crippen LogP contribution in [0.4, 0.5) is 0 Å². The Morgan fingerprint density at radius 1 is 0.542 bits per heavy atom. The van der Waals surface area contributed by atoms with Crippen LogP contribution in [0.15, 0.2) is 158 Å². The second-order valence-corrected chi connectivity index (χ2v) is 11.6. The van der Waals surface area contributed by atoms with Gasteiger partial charge in [-0.25, -0.2) is 0 Å². The molecule has 0 saturated heterocycles. The van der Waals surface area contributed by atoms with Gasteiger partial charge in [0.15, 0.2) is 0 Å². The fourth-order valence-electron chi connectivity index (χ4n) is 6.23. The third-order valence-corrected chi connectivity index (χ3v) is 8.57. The molecule has 1 N–H and O–H groups in total. The quantitative estimate of drug-likeness (QED) is 0.171. The van der Waals surface area contributed by atoms with E-state index in [1.165, 1.54) is 0 Å². The summed E-state index contributed by atoms with van der Waals surface area (Å²) in [4.78, 5) is 10.2. The van der Waals surface area contributed by atoms with Crippen LogP contribution in [-0.2, 0) is 21.1 Å². The van der Waals surface area contributed by atoms with Gasteiger partial charge >= 0.3 is 0 Å². The van der Waals surface area contributed by atoms with E-state index < -0.39 is 0 Å². The first-order chi connectivity index (χ1) is 23.1. The normalized spacial score (nSPS) is 10.9. The minimum atomic E-state index is 0. The van der Waals surface area contributed by atoms with Crippen LogP contribution in [0.3, 0.4) is 0 Å². The molecule has 0 spiro atoms. The molecule has 0 radical (unpaired) electrons. The molecule has 0 aliphatic rings. The standard InChI is InChI=1S/C43H30N3O.Pt/c1-29-13-8-9-20-36(29)35-26-38(44-39(27-35)37-23-22-32(28-40(37)47)30-14-4-2-5-15-30)33-18-12-19-34(25-33)42-43(31-16-6-3-7-17-31)46-24-11-10-21-41(46)45-42;/h2-24,26-28,47H,1H3;/q-1;. The van der Waals surface area contributed by atoms with E-state index in [1.54, 1.807) is 0 Å². The molecule has 3 heterocycles. The number of imidazole rings is 1. The van der Waals surface area contributed by atoms with Crippen LogP contribution in [0.25, 0.3) is 72.9 Å². The fourth-order valence-corrected chi connectivity index (χ4v) is 6.23. The number of pyridine rings is 2. The van der Waals surface area contributed by atoms with E-state index in [9.17, 15) is 5.11 Å². The zero-order valence-electron chi connectivity index (χ0n) is 26.1. The van der Waals surface area contributed by atoms with E-state index >= 15 is 0 Å². The summed E-state index contributed by atoms with van der Waals surface area (Å²) in [7, 11) is 0. The Morgan fingerprint density at radius 2 is 1.23 bits per heavy atom. The van der Waals surface area contributed by atoms with Gasteiger partial charge in [-0.05, 0) is 70.6 Å². The van der Waals surface area contributed by atoms with Gasteiger partial charge in [0.05, 0.1) is 5.69 Å². The van der Waals surface area contributed by atoms with Gasteiger partial charge in [-0.1, -0.05) is 114 Å². The summed E-state index contributed by atoms with van der Waals surface area (Å²) in [5.74, 6) is 0.182. The second kappa shape index (κ2) is 13.3. The maximum Gasteiger partial charge on any atom is 0.129 e. The summed E-state index contributed by atoms with van der Waals surface area (Å²) in [6, 6.07) is 54.6. The van der Waals surface area contributed by atoms with Gasteiger partial charge in [-0.3, -0.25) is 9.97 Å². The van der Waals surface area contributed by atoms with E-state index in [4.69, 9.17) is 9.97 Å². The monoisotopic (exact) mass is 799 g/mol.